The van der Waals surface area contributed by atoms with Gasteiger partial charge in [-0.25, -0.2) is 9.97 Å². The van der Waals surface area contributed by atoms with Crippen LogP contribution in [-0.2, 0) is 0 Å². The second kappa shape index (κ2) is 4.81. The highest BCUT2D eigenvalue weighted by Crippen LogP contribution is 2.36. The summed E-state index contributed by atoms with van der Waals surface area (Å²) in [4.78, 5) is 8.11. The molecule has 1 aromatic heterocycles. The molecule has 0 aromatic carbocycles. The van der Waals surface area contributed by atoms with Crippen LogP contribution in [0.5, 0.6) is 0 Å². The van der Waals surface area contributed by atoms with E-state index in [0.717, 1.165) is 9.50 Å². The van der Waals surface area contributed by atoms with Crippen LogP contribution in [0.25, 0.3) is 0 Å². The smallest absolute Gasteiger partial charge is 0.223 e. The molecule has 1 aromatic rings. The van der Waals surface area contributed by atoms with Crippen LogP contribution in [0.2, 0.25) is 5.28 Å². The van der Waals surface area contributed by atoms with Crippen LogP contribution in [-0.4, -0.2) is 15.2 Å². The van der Waals surface area contributed by atoms with Crippen molar-refractivity contribution in [1.82, 2.24) is 9.97 Å². The van der Waals surface area contributed by atoms with Gasteiger partial charge in [0.1, 0.15) is 5.03 Å². The number of hydrogen-bond acceptors (Lipinski definition) is 3. The predicted molar refractivity (Wildman–Crippen MR) is 62.9 cm³/mol. The number of halogens is 2. The van der Waals surface area contributed by atoms with Gasteiger partial charge in [-0.05, 0) is 40.4 Å². The van der Waals surface area contributed by atoms with Crippen molar-refractivity contribution in [3.05, 3.63) is 16.0 Å². The van der Waals surface area contributed by atoms with E-state index in [4.69, 9.17) is 11.6 Å². The van der Waals surface area contributed by atoms with Crippen molar-refractivity contribution in [2.24, 2.45) is 0 Å². The Kier molecular flexibility index (Phi) is 3.68. The zero-order valence-corrected chi connectivity index (χ0v) is 10.7. The van der Waals surface area contributed by atoms with Gasteiger partial charge in [0.2, 0.25) is 5.28 Å². The van der Waals surface area contributed by atoms with Gasteiger partial charge in [-0.3, -0.25) is 0 Å². The minimum atomic E-state index is 0.327. The van der Waals surface area contributed by atoms with Gasteiger partial charge in [0.15, 0.2) is 0 Å². The van der Waals surface area contributed by atoms with Crippen LogP contribution in [0.1, 0.15) is 25.7 Å². The summed E-state index contributed by atoms with van der Waals surface area (Å²) in [5, 5.41) is 2.00. The summed E-state index contributed by atoms with van der Waals surface area (Å²) in [6.07, 6.45) is 6.98. The van der Waals surface area contributed by atoms with E-state index in [9.17, 15) is 0 Å². The minimum absolute atomic E-state index is 0.327. The second-order valence-corrected chi connectivity index (χ2v) is 5.80. The van der Waals surface area contributed by atoms with Gasteiger partial charge < -0.3 is 0 Å². The molecule has 2 nitrogen and oxygen atoms in total. The average Bonchev–Trinajstić information content (AvgIpc) is 2.64. The molecule has 0 radical (unpaired) electrons. The fraction of sp³-hybridized carbons (Fsp3) is 0.556. The van der Waals surface area contributed by atoms with E-state index in [-0.39, 0.29) is 0 Å². The lowest BCUT2D eigenvalue weighted by molar-refractivity contribution is 0.886. The first kappa shape index (κ1) is 10.7. The third kappa shape index (κ3) is 2.61. The summed E-state index contributed by atoms with van der Waals surface area (Å²) in [6, 6.07) is 0. The third-order valence-corrected chi connectivity index (χ3v) is 4.63. The lowest BCUT2D eigenvalue weighted by Crippen LogP contribution is -1.96. The first-order valence-corrected chi connectivity index (χ1v) is 6.65. The van der Waals surface area contributed by atoms with E-state index in [1.807, 2.05) is 11.8 Å². The van der Waals surface area contributed by atoms with Crippen molar-refractivity contribution in [2.45, 2.75) is 36.0 Å². The van der Waals surface area contributed by atoms with Crippen molar-refractivity contribution < 1.29 is 0 Å². The molecule has 2 rings (SSSR count). The minimum Gasteiger partial charge on any atom is -0.225 e. The quantitative estimate of drug-likeness (QED) is 0.610. The standard InChI is InChI=1S/C9H10BrClN2S/c10-7-5-12-9(11)13-8(7)14-6-3-1-2-4-6/h5-6H,1-4H2. The Morgan fingerprint density at radius 1 is 1.43 bits per heavy atom. The summed E-state index contributed by atoms with van der Waals surface area (Å²) in [6.45, 7) is 0. The van der Waals surface area contributed by atoms with Crippen molar-refractivity contribution >= 4 is 39.3 Å². The Balaban J connectivity index is 2.10. The molecule has 14 heavy (non-hydrogen) atoms. The van der Waals surface area contributed by atoms with Crippen LogP contribution >= 0.6 is 39.3 Å². The van der Waals surface area contributed by atoms with Crippen molar-refractivity contribution in [2.75, 3.05) is 0 Å². The van der Waals surface area contributed by atoms with Gasteiger partial charge in [-0.2, -0.15) is 0 Å². The van der Waals surface area contributed by atoms with Gasteiger partial charge >= 0.3 is 0 Å². The maximum Gasteiger partial charge on any atom is 0.223 e. The van der Waals surface area contributed by atoms with Gasteiger partial charge in [0, 0.05) is 11.4 Å². The highest BCUT2D eigenvalue weighted by atomic mass is 79.9. The number of hydrogen-bond donors (Lipinski definition) is 0. The Morgan fingerprint density at radius 2 is 2.14 bits per heavy atom. The van der Waals surface area contributed by atoms with Crippen LogP contribution in [0, 0.1) is 0 Å². The molecule has 1 fully saturated rings. The first-order valence-electron chi connectivity index (χ1n) is 4.60. The van der Waals surface area contributed by atoms with E-state index < -0.39 is 0 Å². The molecule has 0 atom stereocenters. The zero-order valence-electron chi connectivity index (χ0n) is 7.54. The molecule has 0 N–H and O–H groups in total. The van der Waals surface area contributed by atoms with E-state index in [0.29, 0.717) is 10.5 Å². The third-order valence-electron chi connectivity index (χ3n) is 2.26. The van der Waals surface area contributed by atoms with Crippen molar-refractivity contribution in [3.63, 3.8) is 0 Å². The molecule has 0 bridgehead atoms. The molecule has 0 saturated heterocycles. The lowest BCUT2D eigenvalue weighted by Gasteiger charge is -2.08. The highest BCUT2D eigenvalue weighted by molar-refractivity contribution is 9.10. The molecule has 1 heterocycles. The molecule has 1 aliphatic rings. The fourth-order valence-electron chi connectivity index (χ4n) is 1.58. The van der Waals surface area contributed by atoms with Gasteiger partial charge in [0.05, 0.1) is 4.47 Å². The Labute approximate surface area is 101 Å². The zero-order chi connectivity index (χ0) is 9.97. The summed E-state index contributed by atoms with van der Waals surface area (Å²) in [5.41, 5.74) is 0. The largest absolute Gasteiger partial charge is 0.225 e. The molecule has 0 spiro atoms. The number of nitrogens with zero attached hydrogens (tertiary/aromatic N) is 2. The number of thioether (sulfide) groups is 1. The van der Waals surface area contributed by atoms with Crippen LogP contribution in [0.15, 0.2) is 15.7 Å². The fourth-order valence-corrected chi connectivity index (χ4v) is 3.42. The van der Waals surface area contributed by atoms with Gasteiger partial charge in [-0.15, -0.1) is 11.8 Å². The molecular formula is C9H10BrClN2S. The molecule has 0 aliphatic heterocycles. The average molecular weight is 294 g/mol. The monoisotopic (exact) mass is 292 g/mol. The maximum absolute atomic E-state index is 5.75. The van der Waals surface area contributed by atoms with Crippen molar-refractivity contribution in [1.29, 1.82) is 0 Å². The number of aromatic nitrogens is 2. The van der Waals surface area contributed by atoms with E-state index in [2.05, 4.69) is 25.9 Å². The van der Waals surface area contributed by atoms with E-state index in [1.165, 1.54) is 25.7 Å². The van der Waals surface area contributed by atoms with Crippen LogP contribution in [0.4, 0.5) is 0 Å². The molecule has 5 heteroatoms. The van der Waals surface area contributed by atoms with Gasteiger partial charge in [0.25, 0.3) is 0 Å². The first-order chi connectivity index (χ1) is 6.75. The number of rotatable bonds is 2. The molecule has 1 saturated carbocycles. The van der Waals surface area contributed by atoms with Crippen molar-refractivity contribution in [3.8, 4) is 0 Å². The topological polar surface area (TPSA) is 25.8 Å². The Hall–Kier alpha value is 0.200. The predicted octanol–water partition coefficient (Wildman–Crippen LogP) is 3.93. The summed E-state index contributed by atoms with van der Waals surface area (Å²) in [5.74, 6) is 0. The molecule has 0 amide bonds. The summed E-state index contributed by atoms with van der Waals surface area (Å²) >= 11 is 11.0. The van der Waals surface area contributed by atoms with E-state index >= 15 is 0 Å². The second-order valence-electron chi connectivity index (χ2n) is 3.32. The van der Waals surface area contributed by atoms with E-state index in [1.54, 1.807) is 6.20 Å². The molecule has 76 valence electrons. The SMILES string of the molecule is Clc1ncc(Br)c(SC2CCCC2)n1. The maximum atomic E-state index is 5.75. The Bertz CT molecular complexity index is 329. The van der Waals surface area contributed by atoms with Crippen LogP contribution in [0.3, 0.4) is 0 Å². The summed E-state index contributed by atoms with van der Waals surface area (Å²) in [7, 11) is 0. The molecule has 0 unspecified atom stereocenters. The molecule has 1 aliphatic carbocycles. The van der Waals surface area contributed by atoms with Gasteiger partial charge in [-0.1, -0.05) is 12.8 Å². The molecular weight excluding hydrogens is 284 g/mol. The normalized spacial score (nSPS) is 17.6. The lowest BCUT2D eigenvalue weighted by atomic mass is 10.4. The Morgan fingerprint density at radius 3 is 2.86 bits per heavy atom. The van der Waals surface area contributed by atoms with Crippen LogP contribution < -0.4 is 0 Å². The summed E-state index contributed by atoms with van der Waals surface area (Å²) < 4.78 is 0.943. The highest BCUT2D eigenvalue weighted by Gasteiger charge is 2.18.